The van der Waals surface area contributed by atoms with Gasteiger partial charge in [-0.05, 0) is 36.8 Å². The number of nitrogens with zero attached hydrogens (tertiary/aromatic N) is 1. The molecule has 0 spiro atoms. The van der Waals surface area contributed by atoms with Crippen LogP contribution in [0.3, 0.4) is 0 Å². The van der Waals surface area contributed by atoms with Crippen molar-refractivity contribution < 1.29 is 25.6 Å². The molecule has 0 radical (unpaired) electrons. The first-order chi connectivity index (χ1) is 11.4. The standard InChI is InChI=1S/C15H16F2N2O4S2/c1-10-4-6-12(9-15(10)25(22,23)19(2)3)18-24(20,21)14-7-5-11(16)8-13(14)17/h4-9,18H,1-3H3. The zero-order chi connectivity index (χ0) is 19.0. The zero-order valence-electron chi connectivity index (χ0n) is 13.6. The van der Waals surface area contributed by atoms with Crippen LogP contribution >= 0.6 is 0 Å². The summed E-state index contributed by atoms with van der Waals surface area (Å²) < 4.78 is 78.9. The van der Waals surface area contributed by atoms with Crippen LogP contribution in [0.5, 0.6) is 0 Å². The molecule has 0 saturated carbocycles. The largest absolute Gasteiger partial charge is 0.279 e. The minimum Gasteiger partial charge on any atom is -0.279 e. The van der Waals surface area contributed by atoms with E-state index in [0.29, 0.717) is 11.6 Å². The van der Waals surface area contributed by atoms with Gasteiger partial charge >= 0.3 is 0 Å². The lowest BCUT2D eigenvalue weighted by atomic mass is 10.2. The Morgan fingerprint density at radius 1 is 0.920 bits per heavy atom. The van der Waals surface area contributed by atoms with Gasteiger partial charge in [0, 0.05) is 20.2 Å². The van der Waals surface area contributed by atoms with Crippen molar-refractivity contribution in [1.29, 1.82) is 0 Å². The number of sulfonamides is 2. The fourth-order valence-electron chi connectivity index (χ4n) is 2.04. The number of halogens is 2. The van der Waals surface area contributed by atoms with E-state index in [0.717, 1.165) is 22.5 Å². The van der Waals surface area contributed by atoms with Gasteiger partial charge < -0.3 is 0 Å². The first-order valence-electron chi connectivity index (χ1n) is 6.96. The van der Waals surface area contributed by atoms with E-state index in [1.165, 1.54) is 26.2 Å². The number of benzene rings is 2. The molecule has 2 aromatic carbocycles. The number of anilines is 1. The zero-order valence-corrected chi connectivity index (χ0v) is 15.2. The topological polar surface area (TPSA) is 83.5 Å². The van der Waals surface area contributed by atoms with Gasteiger partial charge in [-0.1, -0.05) is 6.07 Å². The van der Waals surface area contributed by atoms with E-state index >= 15 is 0 Å². The monoisotopic (exact) mass is 390 g/mol. The van der Waals surface area contributed by atoms with E-state index < -0.39 is 36.6 Å². The summed E-state index contributed by atoms with van der Waals surface area (Å²) in [5.41, 5.74) is 0.361. The summed E-state index contributed by atoms with van der Waals surface area (Å²) in [4.78, 5) is -0.830. The van der Waals surface area contributed by atoms with Crippen molar-refractivity contribution in [2.45, 2.75) is 16.7 Å². The van der Waals surface area contributed by atoms with Crippen LogP contribution in [-0.2, 0) is 20.0 Å². The molecule has 0 bridgehead atoms. The van der Waals surface area contributed by atoms with Crippen LogP contribution in [0.1, 0.15) is 5.56 Å². The molecule has 0 aromatic heterocycles. The smallest absolute Gasteiger partial charge is 0.264 e. The molecule has 2 aromatic rings. The summed E-state index contributed by atoms with van der Waals surface area (Å²) in [7, 11) is -5.45. The van der Waals surface area contributed by atoms with Gasteiger partial charge in [0.15, 0.2) is 0 Å². The SMILES string of the molecule is Cc1ccc(NS(=O)(=O)c2ccc(F)cc2F)cc1S(=O)(=O)N(C)C. The van der Waals surface area contributed by atoms with E-state index in [2.05, 4.69) is 4.72 Å². The Bertz CT molecular complexity index is 1020. The Kier molecular flexibility index (Phi) is 5.17. The Hall–Kier alpha value is -2.04. The summed E-state index contributed by atoms with van der Waals surface area (Å²) in [6, 6.07) is 5.97. The lowest BCUT2D eigenvalue weighted by Crippen LogP contribution is -2.23. The highest BCUT2D eigenvalue weighted by Gasteiger charge is 2.23. The van der Waals surface area contributed by atoms with Crippen molar-refractivity contribution in [3.05, 3.63) is 53.6 Å². The van der Waals surface area contributed by atoms with E-state index in [4.69, 9.17) is 0 Å². The quantitative estimate of drug-likeness (QED) is 0.849. The average Bonchev–Trinajstić information content (AvgIpc) is 2.48. The molecule has 0 aliphatic carbocycles. The van der Waals surface area contributed by atoms with Gasteiger partial charge in [-0.2, -0.15) is 0 Å². The molecular weight excluding hydrogens is 374 g/mol. The van der Waals surface area contributed by atoms with E-state index in [1.807, 2.05) is 0 Å². The first-order valence-corrected chi connectivity index (χ1v) is 9.88. The van der Waals surface area contributed by atoms with E-state index in [1.54, 1.807) is 6.92 Å². The van der Waals surface area contributed by atoms with Crippen molar-refractivity contribution in [3.8, 4) is 0 Å². The molecule has 10 heteroatoms. The predicted molar refractivity (Wildman–Crippen MR) is 89.2 cm³/mol. The van der Waals surface area contributed by atoms with Crippen molar-refractivity contribution in [2.24, 2.45) is 0 Å². The second-order valence-electron chi connectivity index (χ2n) is 5.45. The number of nitrogens with one attached hydrogen (secondary N) is 1. The van der Waals surface area contributed by atoms with Crippen LogP contribution in [0.4, 0.5) is 14.5 Å². The second-order valence-corrected chi connectivity index (χ2v) is 9.22. The summed E-state index contributed by atoms with van der Waals surface area (Å²) in [6.45, 7) is 1.56. The summed E-state index contributed by atoms with van der Waals surface area (Å²) in [5.74, 6) is -2.16. The molecule has 0 aliphatic rings. The first kappa shape index (κ1) is 19.3. The van der Waals surface area contributed by atoms with Crippen molar-refractivity contribution in [3.63, 3.8) is 0 Å². The van der Waals surface area contributed by atoms with Gasteiger partial charge in [0.2, 0.25) is 10.0 Å². The van der Waals surface area contributed by atoms with Crippen LogP contribution in [0, 0.1) is 18.6 Å². The molecule has 0 saturated heterocycles. The van der Waals surface area contributed by atoms with E-state index in [-0.39, 0.29) is 10.6 Å². The van der Waals surface area contributed by atoms with E-state index in [9.17, 15) is 25.6 Å². The van der Waals surface area contributed by atoms with Crippen LogP contribution in [0.25, 0.3) is 0 Å². The van der Waals surface area contributed by atoms with Crippen LogP contribution in [0.2, 0.25) is 0 Å². The summed E-state index contributed by atoms with van der Waals surface area (Å²) in [6.07, 6.45) is 0. The van der Waals surface area contributed by atoms with Crippen LogP contribution in [-0.4, -0.2) is 35.2 Å². The number of hydrogen-bond acceptors (Lipinski definition) is 4. The minimum atomic E-state index is -4.36. The molecule has 0 atom stereocenters. The third kappa shape index (κ3) is 3.97. The molecular formula is C15H16F2N2O4S2. The van der Waals surface area contributed by atoms with Crippen molar-refractivity contribution >= 4 is 25.7 Å². The van der Waals surface area contributed by atoms with Crippen molar-refractivity contribution in [2.75, 3.05) is 18.8 Å². The maximum absolute atomic E-state index is 13.7. The highest BCUT2D eigenvalue weighted by molar-refractivity contribution is 7.92. The van der Waals surface area contributed by atoms with Gasteiger partial charge in [0.1, 0.15) is 16.5 Å². The fraction of sp³-hybridized carbons (Fsp3) is 0.200. The molecule has 0 fully saturated rings. The molecule has 0 heterocycles. The van der Waals surface area contributed by atoms with Gasteiger partial charge in [-0.25, -0.2) is 29.9 Å². The fourth-order valence-corrected chi connectivity index (χ4v) is 4.30. The van der Waals surface area contributed by atoms with Crippen LogP contribution in [0.15, 0.2) is 46.2 Å². The lowest BCUT2D eigenvalue weighted by molar-refractivity contribution is 0.520. The second kappa shape index (κ2) is 6.70. The van der Waals surface area contributed by atoms with Gasteiger partial charge in [0.25, 0.3) is 10.0 Å². The van der Waals surface area contributed by atoms with Gasteiger partial charge in [-0.15, -0.1) is 0 Å². The number of rotatable bonds is 5. The van der Waals surface area contributed by atoms with Gasteiger partial charge in [-0.3, -0.25) is 4.72 Å². The highest BCUT2D eigenvalue weighted by atomic mass is 32.2. The Balaban J connectivity index is 2.47. The lowest BCUT2D eigenvalue weighted by Gasteiger charge is -2.15. The normalized spacial score (nSPS) is 12.4. The predicted octanol–water partition coefficient (Wildman–Crippen LogP) is 2.32. The van der Waals surface area contributed by atoms with Gasteiger partial charge in [0.05, 0.1) is 10.6 Å². The summed E-state index contributed by atoms with van der Waals surface area (Å²) in [5, 5.41) is 0. The molecule has 25 heavy (non-hydrogen) atoms. The van der Waals surface area contributed by atoms with Crippen molar-refractivity contribution in [1.82, 2.24) is 4.31 Å². The Morgan fingerprint density at radius 2 is 1.56 bits per heavy atom. The Labute approximate surface area is 145 Å². The van der Waals surface area contributed by atoms with Crippen LogP contribution < -0.4 is 4.72 Å². The highest BCUT2D eigenvalue weighted by Crippen LogP contribution is 2.25. The molecule has 0 unspecified atom stereocenters. The molecule has 0 amide bonds. The maximum atomic E-state index is 13.7. The number of aryl methyl sites for hydroxylation is 1. The molecule has 136 valence electrons. The average molecular weight is 390 g/mol. The maximum Gasteiger partial charge on any atom is 0.264 e. The summed E-state index contributed by atoms with van der Waals surface area (Å²) >= 11 is 0. The Morgan fingerprint density at radius 3 is 2.12 bits per heavy atom. The third-order valence-corrected chi connectivity index (χ3v) is 6.75. The third-order valence-electron chi connectivity index (χ3n) is 3.38. The molecule has 6 nitrogen and oxygen atoms in total. The number of hydrogen-bond donors (Lipinski definition) is 1. The molecule has 1 N–H and O–H groups in total. The molecule has 2 rings (SSSR count). The molecule has 0 aliphatic heterocycles. The minimum absolute atomic E-state index is 0.0604.